The van der Waals surface area contributed by atoms with E-state index in [0.29, 0.717) is 0 Å². The third kappa shape index (κ3) is 2.72. The highest BCUT2D eigenvalue weighted by atomic mass is 16.3. The number of aromatic hydroxyl groups is 2. The number of aryl methyl sites for hydroxylation is 2. The minimum absolute atomic E-state index is 0.283. The van der Waals surface area contributed by atoms with Crippen LogP contribution in [0.1, 0.15) is 22.3 Å². The van der Waals surface area contributed by atoms with Crippen molar-refractivity contribution in [2.75, 3.05) is 0 Å². The van der Waals surface area contributed by atoms with Gasteiger partial charge >= 0.3 is 0 Å². The molecule has 2 nitrogen and oxygen atoms in total. The van der Waals surface area contributed by atoms with Crippen molar-refractivity contribution in [1.82, 2.24) is 0 Å². The highest BCUT2D eigenvalue weighted by molar-refractivity contribution is 5.73. The smallest absolute Gasteiger partial charge is 0.115 e. The van der Waals surface area contributed by atoms with Crippen molar-refractivity contribution in [3.63, 3.8) is 0 Å². The van der Waals surface area contributed by atoms with Gasteiger partial charge in [-0.2, -0.15) is 0 Å². The van der Waals surface area contributed by atoms with Gasteiger partial charge in [0.25, 0.3) is 0 Å². The zero-order valence-corrected chi connectivity index (χ0v) is 10.5. The van der Waals surface area contributed by atoms with Crippen molar-refractivity contribution < 1.29 is 10.2 Å². The third-order valence-electron chi connectivity index (χ3n) is 2.95. The molecule has 2 heteroatoms. The maximum absolute atomic E-state index is 9.35. The van der Waals surface area contributed by atoms with Crippen LogP contribution in [0.4, 0.5) is 0 Å². The molecule has 2 aromatic carbocycles. The first-order chi connectivity index (χ1) is 8.56. The van der Waals surface area contributed by atoms with Crippen molar-refractivity contribution in [1.29, 1.82) is 0 Å². The van der Waals surface area contributed by atoms with Gasteiger partial charge in [0.15, 0.2) is 0 Å². The van der Waals surface area contributed by atoms with Crippen LogP contribution in [0.2, 0.25) is 0 Å². The minimum Gasteiger partial charge on any atom is -0.508 e. The number of hydrogen-bond donors (Lipinski definition) is 2. The van der Waals surface area contributed by atoms with Crippen molar-refractivity contribution >= 4 is 12.2 Å². The van der Waals surface area contributed by atoms with Crippen LogP contribution in [-0.2, 0) is 0 Å². The molecule has 0 heterocycles. The Kier molecular flexibility index (Phi) is 3.38. The normalized spacial score (nSPS) is 11.0. The molecule has 0 aromatic heterocycles. The van der Waals surface area contributed by atoms with Gasteiger partial charge in [0, 0.05) is 0 Å². The van der Waals surface area contributed by atoms with E-state index >= 15 is 0 Å². The first-order valence-electron chi connectivity index (χ1n) is 5.83. The molecule has 0 fully saturated rings. The molecule has 0 radical (unpaired) electrons. The third-order valence-corrected chi connectivity index (χ3v) is 2.95. The average molecular weight is 240 g/mol. The summed E-state index contributed by atoms with van der Waals surface area (Å²) in [6, 6.07) is 10.6. The molecular weight excluding hydrogens is 224 g/mol. The van der Waals surface area contributed by atoms with Crippen LogP contribution < -0.4 is 0 Å². The average Bonchev–Trinajstić information content (AvgIpc) is 2.30. The number of benzene rings is 2. The number of rotatable bonds is 2. The molecule has 0 unspecified atom stereocenters. The first kappa shape index (κ1) is 12.2. The van der Waals surface area contributed by atoms with Crippen LogP contribution >= 0.6 is 0 Å². The minimum atomic E-state index is 0.283. The van der Waals surface area contributed by atoms with Crippen molar-refractivity contribution in [2.24, 2.45) is 0 Å². The van der Waals surface area contributed by atoms with E-state index in [1.165, 1.54) is 0 Å². The molecule has 2 rings (SSSR count). The van der Waals surface area contributed by atoms with E-state index in [2.05, 4.69) is 0 Å². The predicted molar refractivity (Wildman–Crippen MR) is 74.6 cm³/mol. The summed E-state index contributed by atoms with van der Waals surface area (Å²) in [7, 11) is 0. The Morgan fingerprint density at radius 3 is 1.44 bits per heavy atom. The van der Waals surface area contributed by atoms with Gasteiger partial charge in [-0.1, -0.05) is 24.3 Å². The summed E-state index contributed by atoms with van der Waals surface area (Å²) < 4.78 is 0. The fourth-order valence-electron chi connectivity index (χ4n) is 1.87. The molecule has 0 saturated carbocycles. The van der Waals surface area contributed by atoms with Gasteiger partial charge in [0.1, 0.15) is 11.5 Å². The van der Waals surface area contributed by atoms with Crippen LogP contribution in [0, 0.1) is 13.8 Å². The molecule has 0 bridgehead atoms. The van der Waals surface area contributed by atoms with E-state index in [9.17, 15) is 10.2 Å². The molecule has 18 heavy (non-hydrogen) atoms. The quantitative estimate of drug-likeness (QED) is 0.782. The Hall–Kier alpha value is -2.22. The highest BCUT2D eigenvalue weighted by Gasteiger charge is 1.98. The van der Waals surface area contributed by atoms with Gasteiger partial charge in [0.2, 0.25) is 0 Å². The molecule has 0 amide bonds. The fourth-order valence-corrected chi connectivity index (χ4v) is 1.87. The van der Waals surface area contributed by atoms with Crippen molar-refractivity contribution in [3.8, 4) is 11.5 Å². The summed E-state index contributed by atoms with van der Waals surface area (Å²) in [5, 5.41) is 18.7. The summed E-state index contributed by atoms with van der Waals surface area (Å²) in [4.78, 5) is 0. The standard InChI is InChI=1S/C16H16O2/c1-11-9-15(17)7-5-13(11)3-4-14-6-8-16(18)10-12(14)2/h3-10,17-18H,1-2H3/b4-3+. The van der Waals surface area contributed by atoms with Crippen LogP contribution in [0.25, 0.3) is 12.2 Å². The zero-order valence-electron chi connectivity index (χ0n) is 10.5. The molecule has 0 aliphatic rings. The van der Waals surface area contributed by atoms with E-state index in [1.807, 2.05) is 38.1 Å². The molecule has 2 aromatic rings. The van der Waals surface area contributed by atoms with Crippen molar-refractivity contribution in [2.45, 2.75) is 13.8 Å². The summed E-state index contributed by atoms with van der Waals surface area (Å²) in [5.41, 5.74) is 4.20. The van der Waals surface area contributed by atoms with Gasteiger partial charge in [-0.15, -0.1) is 0 Å². The maximum Gasteiger partial charge on any atom is 0.115 e. The summed E-state index contributed by atoms with van der Waals surface area (Å²) in [5.74, 6) is 0.566. The lowest BCUT2D eigenvalue weighted by molar-refractivity contribution is 0.474. The molecule has 2 N–H and O–H groups in total. The Balaban J connectivity index is 2.30. The van der Waals surface area contributed by atoms with Gasteiger partial charge in [-0.05, 0) is 60.4 Å². The maximum atomic E-state index is 9.35. The van der Waals surface area contributed by atoms with Crippen LogP contribution in [0.15, 0.2) is 36.4 Å². The molecule has 0 saturated heterocycles. The van der Waals surface area contributed by atoms with Gasteiger partial charge in [-0.3, -0.25) is 0 Å². The second kappa shape index (κ2) is 4.96. The second-order valence-electron chi connectivity index (χ2n) is 4.42. The number of hydrogen-bond acceptors (Lipinski definition) is 2. The first-order valence-corrected chi connectivity index (χ1v) is 5.83. The van der Waals surface area contributed by atoms with Crippen LogP contribution in [-0.4, -0.2) is 10.2 Å². The Bertz CT molecular complexity index is 545. The summed E-state index contributed by atoms with van der Waals surface area (Å²) >= 11 is 0. The molecule has 0 spiro atoms. The monoisotopic (exact) mass is 240 g/mol. The second-order valence-corrected chi connectivity index (χ2v) is 4.42. The number of phenols is 2. The molecule has 0 aliphatic heterocycles. The number of phenolic OH excluding ortho intramolecular Hbond substituents is 2. The van der Waals surface area contributed by atoms with Crippen LogP contribution in [0.5, 0.6) is 11.5 Å². The summed E-state index contributed by atoms with van der Waals surface area (Å²) in [6.45, 7) is 3.92. The van der Waals surface area contributed by atoms with E-state index < -0.39 is 0 Å². The lowest BCUT2D eigenvalue weighted by Gasteiger charge is -2.03. The molecular formula is C16H16O2. The zero-order chi connectivity index (χ0) is 13.1. The summed E-state index contributed by atoms with van der Waals surface area (Å²) in [6.07, 6.45) is 4.02. The van der Waals surface area contributed by atoms with Crippen molar-refractivity contribution in [3.05, 3.63) is 58.7 Å². The van der Waals surface area contributed by atoms with E-state index in [1.54, 1.807) is 24.3 Å². The Morgan fingerprint density at radius 2 is 1.11 bits per heavy atom. The lowest BCUT2D eigenvalue weighted by atomic mass is 10.0. The van der Waals surface area contributed by atoms with E-state index in [0.717, 1.165) is 22.3 Å². The molecule has 92 valence electrons. The SMILES string of the molecule is Cc1cc(O)ccc1/C=C/c1ccc(O)cc1C. The molecule has 0 atom stereocenters. The lowest BCUT2D eigenvalue weighted by Crippen LogP contribution is -1.82. The van der Waals surface area contributed by atoms with E-state index in [-0.39, 0.29) is 11.5 Å². The van der Waals surface area contributed by atoms with Gasteiger partial charge < -0.3 is 10.2 Å². The van der Waals surface area contributed by atoms with Crippen LogP contribution in [0.3, 0.4) is 0 Å². The Labute approximate surface area is 107 Å². The fraction of sp³-hybridized carbons (Fsp3) is 0.125. The van der Waals surface area contributed by atoms with Gasteiger partial charge in [0.05, 0.1) is 0 Å². The molecule has 0 aliphatic carbocycles. The Morgan fingerprint density at radius 1 is 0.722 bits per heavy atom. The highest BCUT2D eigenvalue weighted by Crippen LogP contribution is 2.20. The largest absolute Gasteiger partial charge is 0.508 e. The predicted octanol–water partition coefficient (Wildman–Crippen LogP) is 3.89. The van der Waals surface area contributed by atoms with Gasteiger partial charge in [-0.25, -0.2) is 0 Å². The topological polar surface area (TPSA) is 40.5 Å². The van der Waals surface area contributed by atoms with E-state index in [4.69, 9.17) is 0 Å².